The number of rotatable bonds is 5. The van der Waals surface area contributed by atoms with Gasteiger partial charge < -0.3 is 10.2 Å². The van der Waals surface area contributed by atoms with Crippen molar-refractivity contribution in [3.05, 3.63) is 10.6 Å². The second kappa shape index (κ2) is 6.71. The zero-order chi connectivity index (χ0) is 13.8. The maximum atomic E-state index is 4.95. The molecule has 4 heteroatoms. The molecule has 3 nitrogen and oxygen atoms in total. The summed E-state index contributed by atoms with van der Waals surface area (Å²) in [6.07, 6.45) is 5.25. The van der Waals surface area contributed by atoms with E-state index in [9.17, 15) is 0 Å². The van der Waals surface area contributed by atoms with E-state index in [1.54, 1.807) is 0 Å². The highest BCUT2D eigenvalue weighted by molar-refractivity contribution is 7.15. The lowest BCUT2D eigenvalue weighted by atomic mass is 10.0. The van der Waals surface area contributed by atoms with Crippen molar-refractivity contribution >= 4 is 16.5 Å². The second-order valence-corrected chi connectivity index (χ2v) is 6.80. The van der Waals surface area contributed by atoms with Crippen molar-refractivity contribution in [3.8, 4) is 0 Å². The Balaban J connectivity index is 2.25. The van der Waals surface area contributed by atoms with Crippen molar-refractivity contribution in [2.75, 3.05) is 18.5 Å². The molecule has 0 aromatic carbocycles. The van der Waals surface area contributed by atoms with Gasteiger partial charge in [-0.1, -0.05) is 20.8 Å². The Bertz CT molecular complexity index is 400. The first-order chi connectivity index (χ1) is 9.17. The number of piperidine rings is 1. The van der Waals surface area contributed by atoms with Crippen molar-refractivity contribution in [2.24, 2.45) is 0 Å². The summed E-state index contributed by atoms with van der Waals surface area (Å²) < 4.78 is 0. The molecule has 0 spiro atoms. The molecule has 1 atom stereocenters. The molecule has 19 heavy (non-hydrogen) atoms. The SMILES string of the molecule is CCC1CCCCN1c1nc(C(C)C)c(CNC)s1. The van der Waals surface area contributed by atoms with Crippen LogP contribution in [-0.2, 0) is 6.54 Å². The van der Waals surface area contributed by atoms with Gasteiger partial charge in [-0.15, -0.1) is 11.3 Å². The number of hydrogen-bond acceptors (Lipinski definition) is 4. The molecule has 2 rings (SSSR count). The number of nitrogens with zero attached hydrogens (tertiary/aromatic N) is 2. The quantitative estimate of drug-likeness (QED) is 0.891. The van der Waals surface area contributed by atoms with Gasteiger partial charge in [0.15, 0.2) is 5.13 Å². The average Bonchev–Trinajstić information content (AvgIpc) is 2.83. The third-order valence-electron chi connectivity index (χ3n) is 3.94. The minimum atomic E-state index is 0.512. The van der Waals surface area contributed by atoms with Gasteiger partial charge >= 0.3 is 0 Å². The Morgan fingerprint density at radius 3 is 2.84 bits per heavy atom. The highest BCUT2D eigenvalue weighted by Crippen LogP contribution is 2.34. The molecule has 0 aliphatic carbocycles. The van der Waals surface area contributed by atoms with Crippen LogP contribution in [0.4, 0.5) is 5.13 Å². The van der Waals surface area contributed by atoms with Gasteiger partial charge in [0.2, 0.25) is 0 Å². The summed E-state index contributed by atoms with van der Waals surface area (Å²) in [5, 5.41) is 4.52. The van der Waals surface area contributed by atoms with Crippen LogP contribution in [0.1, 0.15) is 62.9 Å². The highest BCUT2D eigenvalue weighted by Gasteiger charge is 2.25. The summed E-state index contributed by atoms with van der Waals surface area (Å²) in [4.78, 5) is 8.92. The molecule has 1 saturated heterocycles. The van der Waals surface area contributed by atoms with Gasteiger partial charge in [-0.25, -0.2) is 4.98 Å². The van der Waals surface area contributed by atoms with Gasteiger partial charge in [-0.2, -0.15) is 0 Å². The summed E-state index contributed by atoms with van der Waals surface area (Å²) in [6.45, 7) is 8.91. The molecule has 1 aromatic heterocycles. The van der Waals surface area contributed by atoms with E-state index >= 15 is 0 Å². The van der Waals surface area contributed by atoms with Crippen LogP contribution >= 0.6 is 11.3 Å². The molecular weight excluding hydrogens is 254 g/mol. The molecule has 0 bridgehead atoms. The van der Waals surface area contributed by atoms with Gasteiger partial charge in [-0.05, 0) is 38.6 Å². The van der Waals surface area contributed by atoms with Gasteiger partial charge in [0, 0.05) is 24.0 Å². The smallest absolute Gasteiger partial charge is 0.186 e. The van der Waals surface area contributed by atoms with E-state index in [1.807, 2.05) is 18.4 Å². The zero-order valence-corrected chi connectivity index (χ0v) is 13.5. The predicted molar refractivity (Wildman–Crippen MR) is 84.2 cm³/mol. The molecule has 1 aromatic rings. The molecule has 0 amide bonds. The second-order valence-electron chi connectivity index (χ2n) is 5.74. The molecule has 1 unspecified atom stereocenters. The first-order valence-electron chi connectivity index (χ1n) is 7.58. The Hall–Kier alpha value is -0.610. The monoisotopic (exact) mass is 281 g/mol. The maximum absolute atomic E-state index is 4.95. The van der Waals surface area contributed by atoms with Gasteiger partial charge in [0.25, 0.3) is 0 Å². The van der Waals surface area contributed by atoms with Crippen LogP contribution in [-0.4, -0.2) is 24.6 Å². The standard InChI is InChI=1S/C15H27N3S/c1-5-12-8-6-7-9-18(12)15-17-14(11(2)3)13(19-15)10-16-4/h11-12,16H,5-10H2,1-4H3. The Morgan fingerprint density at radius 1 is 1.42 bits per heavy atom. The molecule has 1 aliphatic heterocycles. The number of thiazole rings is 1. The minimum Gasteiger partial charge on any atom is -0.345 e. The maximum Gasteiger partial charge on any atom is 0.186 e. The minimum absolute atomic E-state index is 0.512. The molecule has 1 fully saturated rings. The lowest BCUT2D eigenvalue weighted by Crippen LogP contribution is -2.39. The highest BCUT2D eigenvalue weighted by atomic mass is 32.1. The van der Waals surface area contributed by atoms with Crippen LogP contribution in [0.5, 0.6) is 0 Å². The topological polar surface area (TPSA) is 28.2 Å². The van der Waals surface area contributed by atoms with Crippen LogP contribution in [0, 0.1) is 0 Å². The lowest BCUT2D eigenvalue weighted by Gasteiger charge is -2.35. The number of nitrogens with one attached hydrogen (secondary N) is 1. The van der Waals surface area contributed by atoms with Crippen LogP contribution in [0.2, 0.25) is 0 Å². The summed E-state index contributed by atoms with van der Waals surface area (Å²) in [5.41, 5.74) is 1.29. The number of aromatic nitrogens is 1. The van der Waals surface area contributed by atoms with Crippen molar-refractivity contribution in [3.63, 3.8) is 0 Å². The van der Waals surface area contributed by atoms with Crippen LogP contribution in [0.3, 0.4) is 0 Å². The third-order valence-corrected chi connectivity index (χ3v) is 5.05. The molecule has 1 N–H and O–H groups in total. The number of anilines is 1. The fourth-order valence-electron chi connectivity index (χ4n) is 2.89. The lowest BCUT2D eigenvalue weighted by molar-refractivity contribution is 0.449. The molecule has 1 aliphatic rings. The molecule has 0 saturated carbocycles. The van der Waals surface area contributed by atoms with Crippen LogP contribution < -0.4 is 10.2 Å². The molecule has 2 heterocycles. The van der Waals surface area contributed by atoms with E-state index in [2.05, 4.69) is 31.0 Å². The van der Waals surface area contributed by atoms with Crippen molar-refractivity contribution in [1.29, 1.82) is 0 Å². The largest absolute Gasteiger partial charge is 0.345 e. The normalized spacial score (nSPS) is 20.3. The van der Waals surface area contributed by atoms with Crippen molar-refractivity contribution in [1.82, 2.24) is 10.3 Å². The third kappa shape index (κ3) is 3.29. The van der Waals surface area contributed by atoms with Crippen LogP contribution in [0.15, 0.2) is 0 Å². The fraction of sp³-hybridized carbons (Fsp3) is 0.800. The van der Waals surface area contributed by atoms with E-state index in [1.165, 1.54) is 47.9 Å². The molecule has 108 valence electrons. The van der Waals surface area contributed by atoms with Crippen molar-refractivity contribution in [2.45, 2.75) is 65.0 Å². The van der Waals surface area contributed by atoms with Crippen LogP contribution in [0.25, 0.3) is 0 Å². The summed E-state index contributed by atoms with van der Waals surface area (Å²) >= 11 is 1.89. The van der Waals surface area contributed by atoms with Crippen molar-refractivity contribution < 1.29 is 0 Å². The Kier molecular flexibility index (Phi) is 5.22. The van der Waals surface area contributed by atoms with E-state index in [0.717, 1.165) is 6.54 Å². The summed E-state index contributed by atoms with van der Waals surface area (Å²) in [7, 11) is 2.01. The fourth-order valence-corrected chi connectivity index (χ4v) is 4.21. The Labute approximate surface area is 121 Å². The van der Waals surface area contributed by atoms with Gasteiger partial charge in [0.05, 0.1) is 5.69 Å². The van der Waals surface area contributed by atoms with Gasteiger partial charge in [-0.3, -0.25) is 0 Å². The molecular formula is C15H27N3S. The zero-order valence-electron chi connectivity index (χ0n) is 12.7. The summed E-state index contributed by atoms with van der Waals surface area (Å²) in [6, 6.07) is 0.697. The summed E-state index contributed by atoms with van der Waals surface area (Å²) in [5.74, 6) is 0.512. The first-order valence-corrected chi connectivity index (χ1v) is 8.39. The first kappa shape index (κ1) is 14.8. The van der Waals surface area contributed by atoms with E-state index in [4.69, 9.17) is 4.98 Å². The van der Waals surface area contributed by atoms with E-state index in [0.29, 0.717) is 12.0 Å². The Morgan fingerprint density at radius 2 is 2.21 bits per heavy atom. The van der Waals surface area contributed by atoms with E-state index in [-0.39, 0.29) is 0 Å². The van der Waals surface area contributed by atoms with Gasteiger partial charge in [0.1, 0.15) is 0 Å². The number of hydrogen-bond donors (Lipinski definition) is 1. The predicted octanol–water partition coefficient (Wildman–Crippen LogP) is 3.75. The van der Waals surface area contributed by atoms with E-state index < -0.39 is 0 Å². The average molecular weight is 281 g/mol. The molecule has 0 radical (unpaired) electrons.